The van der Waals surface area contributed by atoms with Crippen LogP contribution in [-0.4, -0.2) is 48.1 Å². The molecular weight excluding hydrogens is 248 g/mol. The lowest BCUT2D eigenvalue weighted by molar-refractivity contribution is 0.169. The second kappa shape index (κ2) is 6.55. The maximum absolute atomic E-state index is 4.64. The first-order chi connectivity index (χ1) is 9.49. The van der Waals surface area contributed by atoms with Crippen molar-refractivity contribution in [2.75, 3.05) is 25.0 Å². The first kappa shape index (κ1) is 15.3. The SMILES string of the molecule is CC(C)NCc1cccnc1N1CC(C)N(C)C(C)C1. The first-order valence-corrected chi connectivity index (χ1v) is 7.63. The van der Waals surface area contributed by atoms with Gasteiger partial charge in [-0.3, -0.25) is 4.90 Å². The normalized spacial score (nSPS) is 24.4. The third-order valence-electron chi connectivity index (χ3n) is 4.23. The van der Waals surface area contributed by atoms with Crippen molar-refractivity contribution in [1.82, 2.24) is 15.2 Å². The molecular formula is C16H28N4. The molecule has 1 N–H and O–H groups in total. The van der Waals surface area contributed by atoms with Gasteiger partial charge in [-0.25, -0.2) is 4.98 Å². The fraction of sp³-hybridized carbons (Fsp3) is 0.688. The van der Waals surface area contributed by atoms with E-state index in [1.807, 2.05) is 12.3 Å². The molecule has 1 aliphatic heterocycles. The molecule has 2 unspecified atom stereocenters. The first-order valence-electron chi connectivity index (χ1n) is 7.63. The lowest BCUT2D eigenvalue weighted by atomic mass is 10.1. The summed E-state index contributed by atoms with van der Waals surface area (Å²) in [7, 11) is 2.21. The summed E-state index contributed by atoms with van der Waals surface area (Å²) in [4.78, 5) is 9.53. The Morgan fingerprint density at radius 3 is 2.55 bits per heavy atom. The van der Waals surface area contributed by atoms with Gasteiger partial charge in [0.25, 0.3) is 0 Å². The number of hydrogen-bond acceptors (Lipinski definition) is 4. The van der Waals surface area contributed by atoms with Crippen molar-refractivity contribution in [3.63, 3.8) is 0 Å². The zero-order valence-corrected chi connectivity index (χ0v) is 13.4. The Morgan fingerprint density at radius 1 is 1.30 bits per heavy atom. The van der Waals surface area contributed by atoms with Gasteiger partial charge in [0.1, 0.15) is 5.82 Å². The third kappa shape index (κ3) is 3.49. The summed E-state index contributed by atoms with van der Waals surface area (Å²) in [6, 6.07) is 5.83. The highest BCUT2D eigenvalue weighted by molar-refractivity contribution is 5.47. The average molecular weight is 276 g/mol. The molecule has 112 valence electrons. The molecule has 1 saturated heterocycles. The minimum absolute atomic E-state index is 0.494. The highest BCUT2D eigenvalue weighted by Crippen LogP contribution is 2.23. The van der Waals surface area contributed by atoms with Crippen molar-refractivity contribution >= 4 is 5.82 Å². The van der Waals surface area contributed by atoms with Crippen LogP contribution in [0.4, 0.5) is 5.82 Å². The molecule has 2 heterocycles. The van der Waals surface area contributed by atoms with Crippen LogP contribution in [0.5, 0.6) is 0 Å². The van der Waals surface area contributed by atoms with Gasteiger partial charge >= 0.3 is 0 Å². The topological polar surface area (TPSA) is 31.4 Å². The van der Waals surface area contributed by atoms with Gasteiger partial charge in [0.15, 0.2) is 0 Å². The number of nitrogens with zero attached hydrogens (tertiary/aromatic N) is 3. The predicted octanol–water partition coefficient (Wildman–Crippen LogP) is 2.11. The van der Waals surface area contributed by atoms with Gasteiger partial charge in [0, 0.05) is 49.5 Å². The lowest BCUT2D eigenvalue weighted by Crippen LogP contribution is -2.55. The molecule has 4 nitrogen and oxygen atoms in total. The van der Waals surface area contributed by atoms with Gasteiger partial charge in [-0.15, -0.1) is 0 Å². The molecule has 0 spiro atoms. The Morgan fingerprint density at radius 2 is 1.95 bits per heavy atom. The quantitative estimate of drug-likeness (QED) is 0.912. The Labute approximate surface area is 123 Å². The second-order valence-corrected chi connectivity index (χ2v) is 6.29. The molecule has 4 heteroatoms. The van der Waals surface area contributed by atoms with E-state index in [0.29, 0.717) is 18.1 Å². The third-order valence-corrected chi connectivity index (χ3v) is 4.23. The van der Waals surface area contributed by atoms with Crippen molar-refractivity contribution < 1.29 is 0 Å². The smallest absolute Gasteiger partial charge is 0.133 e. The van der Waals surface area contributed by atoms with Crippen LogP contribution in [0.25, 0.3) is 0 Å². The summed E-state index contributed by atoms with van der Waals surface area (Å²) in [6.07, 6.45) is 1.90. The van der Waals surface area contributed by atoms with Crippen LogP contribution in [0, 0.1) is 0 Å². The Balaban J connectivity index is 2.15. The molecule has 0 saturated carbocycles. The molecule has 0 bridgehead atoms. The van der Waals surface area contributed by atoms with E-state index in [0.717, 1.165) is 25.5 Å². The molecule has 0 radical (unpaired) electrons. The molecule has 1 aromatic rings. The Bertz CT molecular complexity index is 420. The lowest BCUT2D eigenvalue weighted by Gasteiger charge is -2.43. The highest BCUT2D eigenvalue weighted by Gasteiger charge is 2.28. The van der Waals surface area contributed by atoms with Crippen LogP contribution in [0.3, 0.4) is 0 Å². The van der Waals surface area contributed by atoms with Crippen molar-refractivity contribution in [1.29, 1.82) is 0 Å². The number of pyridine rings is 1. The van der Waals surface area contributed by atoms with Gasteiger partial charge in [-0.1, -0.05) is 19.9 Å². The van der Waals surface area contributed by atoms with Crippen molar-refractivity contribution in [2.24, 2.45) is 0 Å². The molecule has 0 aliphatic carbocycles. The van der Waals surface area contributed by atoms with E-state index in [4.69, 9.17) is 0 Å². The molecule has 0 amide bonds. The minimum atomic E-state index is 0.494. The van der Waals surface area contributed by atoms with Crippen LogP contribution >= 0.6 is 0 Å². The molecule has 1 aliphatic rings. The van der Waals surface area contributed by atoms with Crippen LogP contribution in [0.15, 0.2) is 18.3 Å². The van der Waals surface area contributed by atoms with Gasteiger partial charge in [-0.05, 0) is 27.0 Å². The summed E-state index contributed by atoms with van der Waals surface area (Å²) >= 11 is 0. The number of anilines is 1. The molecule has 1 fully saturated rings. The van der Waals surface area contributed by atoms with Crippen LogP contribution in [0.2, 0.25) is 0 Å². The Hall–Kier alpha value is -1.13. The molecule has 0 aromatic carbocycles. The van der Waals surface area contributed by atoms with Crippen molar-refractivity contribution in [3.05, 3.63) is 23.9 Å². The maximum atomic E-state index is 4.64. The van der Waals surface area contributed by atoms with Gasteiger partial charge < -0.3 is 10.2 Å². The van der Waals surface area contributed by atoms with E-state index in [9.17, 15) is 0 Å². The summed E-state index contributed by atoms with van der Waals surface area (Å²) in [5.41, 5.74) is 1.30. The maximum Gasteiger partial charge on any atom is 0.133 e. The largest absolute Gasteiger partial charge is 0.353 e. The van der Waals surface area contributed by atoms with Gasteiger partial charge in [0.2, 0.25) is 0 Å². The van der Waals surface area contributed by atoms with Gasteiger partial charge in [-0.2, -0.15) is 0 Å². The average Bonchev–Trinajstić information content (AvgIpc) is 2.42. The number of hydrogen-bond donors (Lipinski definition) is 1. The van der Waals surface area contributed by atoms with Crippen LogP contribution in [-0.2, 0) is 6.54 Å². The second-order valence-electron chi connectivity index (χ2n) is 6.29. The van der Waals surface area contributed by atoms with E-state index >= 15 is 0 Å². The van der Waals surface area contributed by atoms with Gasteiger partial charge in [0.05, 0.1) is 0 Å². The van der Waals surface area contributed by atoms with E-state index in [1.165, 1.54) is 5.56 Å². The summed E-state index contributed by atoms with van der Waals surface area (Å²) in [5, 5.41) is 3.50. The fourth-order valence-corrected chi connectivity index (χ4v) is 2.74. The summed E-state index contributed by atoms with van der Waals surface area (Å²) in [5.74, 6) is 1.15. The van der Waals surface area contributed by atoms with E-state index in [2.05, 4.69) is 60.9 Å². The minimum Gasteiger partial charge on any atom is -0.353 e. The molecule has 20 heavy (non-hydrogen) atoms. The zero-order chi connectivity index (χ0) is 14.7. The summed E-state index contributed by atoms with van der Waals surface area (Å²) < 4.78 is 0. The molecule has 2 rings (SSSR count). The number of likely N-dealkylation sites (N-methyl/N-ethyl adjacent to an activating group) is 1. The van der Waals surface area contributed by atoms with E-state index in [-0.39, 0.29) is 0 Å². The number of rotatable bonds is 4. The number of aromatic nitrogens is 1. The van der Waals surface area contributed by atoms with E-state index in [1.54, 1.807) is 0 Å². The molecule has 1 aromatic heterocycles. The Kier molecular flexibility index (Phi) is 5.00. The zero-order valence-electron chi connectivity index (χ0n) is 13.4. The number of piperazine rings is 1. The standard InChI is InChI=1S/C16H28N4/c1-12(2)18-9-15-7-6-8-17-16(15)20-10-13(3)19(5)14(4)11-20/h6-8,12-14,18H,9-11H2,1-5H3. The monoisotopic (exact) mass is 276 g/mol. The molecule has 2 atom stereocenters. The van der Waals surface area contributed by atoms with E-state index < -0.39 is 0 Å². The predicted molar refractivity (Wildman–Crippen MR) is 85.1 cm³/mol. The number of nitrogens with one attached hydrogen (secondary N) is 1. The summed E-state index contributed by atoms with van der Waals surface area (Å²) in [6.45, 7) is 11.9. The van der Waals surface area contributed by atoms with Crippen molar-refractivity contribution in [3.8, 4) is 0 Å². The highest BCUT2D eigenvalue weighted by atomic mass is 15.3. The van der Waals surface area contributed by atoms with Crippen LogP contribution < -0.4 is 10.2 Å². The van der Waals surface area contributed by atoms with Crippen molar-refractivity contribution in [2.45, 2.75) is 52.4 Å². The fourth-order valence-electron chi connectivity index (χ4n) is 2.74. The van der Waals surface area contributed by atoms with Crippen LogP contribution in [0.1, 0.15) is 33.3 Å².